The van der Waals surface area contributed by atoms with Crippen molar-refractivity contribution in [3.05, 3.63) is 35.4 Å². The monoisotopic (exact) mass is 255 g/mol. The zero-order valence-corrected chi connectivity index (χ0v) is 11.9. The van der Waals surface area contributed by atoms with Gasteiger partial charge in [-0.05, 0) is 36.8 Å². The minimum absolute atomic E-state index is 0. The first-order valence-electron chi connectivity index (χ1n) is 6.59. The molecular weight excluding hydrogens is 230 g/mol. The Balaban J connectivity index is 0.00000256. The van der Waals surface area contributed by atoms with Gasteiger partial charge in [-0.25, -0.2) is 0 Å². The summed E-state index contributed by atoms with van der Waals surface area (Å²) in [5.41, 5.74) is 8.77. The van der Waals surface area contributed by atoms with E-state index >= 15 is 0 Å². The highest BCUT2D eigenvalue weighted by Gasteiger charge is 2.01. The second-order valence-corrected chi connectivity index (χ2v) is 4.65. The summed E-state index contributed by atoms with van der Waals surface area (Å²) in [7, 11) is 0. The first-order valence-corrected chi connectivity index (χ1v) is 6.59. The lowest BCUT2D eigenvalue weighted by Gasteiger charge is -2.09. The van der Waals surface area contributed by atoms with Gasteiger partial charge in [0, 0.05) is 6.04 Å². The van der Waals surface area contributed by atoms with Gasteiger partial charge in [-0.15, -0.1) is 12.4 Å². The van der Waals surface area contributed by atoms with Gasteiger partial charge in [-0.3, -0.25) is 0 Å². The molecule has 0 aromatic heterocycles. The first kappa shape index (κ1) is 16.5. The highest BCUT2D eigenvalue weighted by atomic mass is 35.5. The van der Waals surface area contributed by atoms with Crippen molar-refractivity contribution in [3.8, 4) is 0 Å². The van der Waals surface area contributed by atoms with Crippen LogP contribution in [0.3, 0.4) is 0 Å². The van der Waals surface area contributed by atoms with Crippen molar-refractivity contribution in [2.45, 2.75) is 58.4 Å². The molecule has 0 saturated heterocycles. The molecule has 17 heavy (non-hydrogen) atoms. The SMILES string of the molecule is CCCCCc1ccc(CC(N)CC)cc1.Cl. The summed E-state index contributed by atoms with van der Waals surface area (Å²) in [6.45, 7) is 4.39. The molecule has 2 N–H and O–H groups in total. The third-order valence-electron chi connectivity index (χ3n) is 3.11. The van der Waals surface area contributed by atoms with Gasteiger partial charge in [0.25, 0.3) is 0 Å². The Hall–Kier alpha value is -0.530. The smallest absolute Gasteiger partial charge is 0.00766 e. The van der Waals surface area contributed by atoms with Crippen molar-refractivity contribution in [2.75, 3.05) is 0 Å². The number of benzene rings is 1. The number of rotatable bonds is 7. The zero-order valence-electron chi connectivity index (χ0n) is 11.1. The van der Waals surface area contributed by atoms with Crippen LogP contribution in [0.2, 0.25) is 0 Å². The van der Waals surface area contributed by atoms with Gasteiger partial charge in [0.2, 0.25) is 0 Å². The maximum atomic E-state index is 5.94. The Labute approximate surface area is 112 Å². The molecule has 98 valence electrons. The highest BCUT2D eigenvalue weighted by Crippen LogP contribution is 2.10. The summed E-state index contributed by atoms with van der Waals surface area (Å²) in [5, 5.41) is 0. The van der Waals surface area contributed by atoms with Crippen molar-refractivity contribution in [1.29, 1.82) is 0 Å². The van der Waals surface area contributed by atoms with E-state index in [9.17, 15) is 0 Å². The van der Waals surface area contributed by atoms with E-state index in [0.29, 0.717) is 6.04 Å². The number of aryl methyl sites for hydroxylation is 1. The summed E-state index contributed by atoms with van der Waals surface area (Å²) >= 11 is 0. The summed E-state index contributed by atoms with van der Waals surface area (Å²) in [6, 6.07) is 9.29. The molecule has 0 aliphatic heterocycles. The van der Waals surface area contributed by atoms with E-state index < -0.39 is 0 Å². The van der Waals surface area contributed by atoms with Crippen molar-refractivity contribution >= 4 is 12.4 Å². The summed E-state index contributed by atoms with van der Waals surface area (Å²) in [4.78, 5) is 0. The molecule has 1 aromatic rings. The first-order chi connectivity index (χ1) is 7.76. The normalized spacial score (nSPS) is 11.9. The lowest BCUT2D eigenvalue weighted by molar-refractivity contribution is 0.646. The van der Waals surface area contributed by atoms with Gasteiger partial charge in [-0.1, -0.05) is 51.0 Å². The van der Waals surface area contributed by atoms with E-state index in [1.807, 2.05) is 0 Å². The van der Waals surface area contributed by atoms with Crippen molar-refractivity contribution in [1.82, 2.24) is 0 Å². The minimum atomic E-state index is 0. The molecule has 2 heteroatoms. The van der Waals surface area contributed by atoms with Gasteiger partial charge in [-0.2, -0.15) is 0 Å². The fraction of sp³-hybridized carbons (Fsp3) is 0.600. The maximum absolute atomic E-state index is 5.94. The minimum Gasteiger partial charge on any atom is -0.327 e. The Morgan fingerprint density at radius 1 is 1.00 bits per heavy atom. The van der Waals surface area contributed by atoms with E-state index in [1.165, 1.54) is 36.8 Å². The Kier molecular flexibility index (Phi) is 9.20. The van der Waals surface area contributed by atoms with Crippen LogP contribution in [-0.4, -0.2) is 6.04 Å². The van der Waals surface area contributed by atoms with Crippen LogP contribution in [0.5, 0.6) is 0 Å². The number of hydrogen-bond donors (Lipinski definition) is 1. The van der Waals surface area contributed by atoms with Crippen molar-refractivity contribution in [2.24, 2.45) is 5.73 Å². The lowest BCUT2D eigenvalue weighted by atomic mass is 10.0. The largest absolute Gasteiger partial charge is 0.327 e. The molecule has 0 fully saturated rings. The third kappa shape index (κ3) is 6.70. The van der Waals surface area contributed by atoms with Gasteiger partial charge in [0.1, 0.15) is 0 Å². The van der Waals surface area contributed by atoms with Gasteiger partial charge in [0.15, 0.2) is 0 Å². The zero-order chi connectivity index (χ0) is 11.8. The number of halogens is 1. The molecule has 0 bridgehead atoms. The molecule has 1 aromatic carbocycles. The predicted molar refractivity (Wildman–Crippen MR) is 78.9 cm³/mol. The Morgan fingerprint density at radius 2 is 1.59 bits per heavy atom. The molecule has 0 radical (unpaired) electrons. The highest BCUT2D eigenvalue weighted by molar-refractivity contribution is 5.85. The van der Waals surface area contributed by atoms with E-state index in [-0.39, 0.29) is 12.4 Å². The molecule has 0 spiro atoms. The van der Waals surface area contributed by atoms with Gasteiger partial charge >= 0.3 is 0 Å². The molecule has 0 saturated carbocycles. The van der Waals surface area contributed by atoms with Crippen molar-refractivity contribution in [3.63, 3.8) is 0 Å². The van der Waals surface area contributed by atoms with Gasteiger partial charge in [0.05, 0.1) is 0 Å². The fourth-order valence-corrected chi connectivity index (χ4v) is 1.87. The number of nitrogens with two attached hydrogens (primary N) is 1. The molecule has 1 nitrogen and oxygen atoms in total. The molecule has 0 heterocycles. The van der Waals surface area contributed by atoms with Crippen LogP contribution < -0.4 is 5.73 Å². The molecule has 0 aliphatic rings. The van der Waals surface area contributed by atoms with Crippen LogP contribution in [0.15, 0.2) is 24.3 Å². The van der Waals surface area contributed by atoms with E-state index in [4.69, 9.17) is 5.73 Å². The van der Waals surface area contributed by atoms with Crippen LogP contribution in [0.1, 0.15) is 50.7 Å². The molecular formula is C15H26ClN. The summed E-state index contributed by atoms with van der Waals surface area (Å²) in [6.07, 6.45) is 7.22. The van der Waals surface area contributed by atoms with Crippen molar-refractivity contribution < 1.29 is 0 Å². The van der Waals surface area contributed by atoms with Gasteiger partial charge < -0.3 is 5.73 Å². The average Bonchev–Trinajstić information content (AvgIpc) is 2.31. The third-order valence-corrected chi connectivity index (χ3v) is 3.11. The Morgan fingerprint density at radius 3 is 2.12 bits per heavy atom. The molecule has 0 amide bonds. The second-order valence-electron chi connectivity index (χ2n) is 4.65. The molecule has 1 rings (SSSR count). The van der Waals surface area contributed by atoms with Crippen LogP contribution >= 0.6 is 12.4 Å². The van der Waals surface area contributed by atoms with Crippen LogP contribution in [0.4, 0.5) is 0 Å². The van der Waals surface area contributed by atoms with E-state index in [1.54, 1.807) is 0 Å². The quantitative estimate of drug-likeness (QED) is 0.729. The standard InChI is InChI=1S/C15H25N.ClH/c1-3-5-6-7-13-8-10-14(11-9-13)12-15(16)4-2;/h8-11,15H,3-7,12,16H2,1-2H3;1H. The van der Waals surface area contributed by atoms with Crippen LogP contribution in [0.25, 0.3) is 0 Å². The maximum Gasteiger partial charge on any atom is 0.00766 e. The average molecular weight is 256 g/mol. The summed E-state index contributed by atoms with van der Waals surface area (Å²) < 4.78 is 0. The fourth-order valence-electron chi connectivity index (χ4n) is 1.87. The predicted octanol–water partition coefficient (Wildman–Crippen LogP) is 4.12. The lowest BCUT2D eigenvalue weighted by Crippen LogP contribution is -2.21. The Bertz CT molecular complexity index is 281. The number of unbranched alkanes of at least 4 members (excludes halogenated alkanes) is 2. The molecule has 0 aliphatic carbocycles. The number of hydrogen-bond acceptors (Lipinski definition) is 1. The molecule has 1 unspecified atom stereocenters. The van der Waals surface area contributed by atoms with Crippen LogP contribution in [0, 0.1) is 0 Å². The summed E-state index contributed by atoms with van der Waals surface area (Å²) in [5.74, 6) is 0. The van der Waals surface area contributed by atoms with Crippen LogP contribution in [-0.2, 0) is 12.8 Å². The van der Waals surface area contributed by atoms with E-state index in [0.717, 1.165) is 12.8 Å². The van der Waals surface area contributed by atoms with E-state index in [2.05, 4.69) is 38.1 Å². The topological polar surface area (TPSA) is 26.0 Å². The molecule has 1 atom stereocenters. The second kappa shape index (κ2) is 9.49.